The smallest absolute Gasteiger partial charge is 0.337 e. The number of carboxylic acid groups (broad SMARTS) is 1. The molecule has 9 nitrogen and oxygen atoms in total. The summed E-state index contributed by atoms with van der Waals surface area (Å²) in [5, 5.41) is 15.2. The maximum absolute atomic E-state index is 12.7. The van der Waals surface area contributed by atoms with E-state index in [0.29, 0.717) is 24.9 Å². The second-order valence-corrected chi connectivity index (χ2v) is 8.08. The van der Waals surface area contributed by atoms with Crippen LogP contribution in [0.25, 0.3) is 0 Å². The van der Waals surface area contributed by atoms with E-state index in [0.717, 1.165) is 37.8 Å². The number of hydrogen-bond acceptors (Lipinski definition) is 6. The fourth-order valence-corrected chi connectivity index (χ4v) is 3.85. The molecule has 1 aromatic rings. The van der Waals surface area contributed by atoms with Crippen LogP contribution in [0.2, 0.25) is 0 Å². The zero-order chi connectivity index (χ0) is 23.1. The van der Waals surface area contributed by atoms with Crippen LogP contribution in [0.3, 0.4) is 0 Å². The zero-order valence-corrected chi connectivity index (χ0v) is 17.9. The molecule has 0 aromatic heterocycles. The summed E-state index contributed by atoms with van der Waals surface area (Å²) in [4.78, 5) is 42.5. The first-order valence-electron chi connectivity index (χ1n) is 10.6. The molecular formula is C23H29N5O4. The second-order valence-electron chi connectivity index (χ2n) is 8.08. The summed E-state index contributed by atoms with van der Waals surface area (Å²) in [6.07, 6.45) is 6.56. The Morgan fingerprint density at radius 3 is 2.53 bits per heavy atom. The highest BCUT2D eigenvalue weighted by Crippen LogP contribution is 2.36. The Kier molecular flexibility index (Phi) is 7.29. The van der Waals surface area contributed by atoms with Crippen LogP contribution < -0.4 is 21.3 Å². The summed E-state index contributed by atoms with van der Waals surface area (Å²) in [5.74, 6) is -1.29. The van der Waals surface area contributed by atoms with Crippen LogP contribution in [0, 0.1) is 5.92 Å². The Labute approximate surface area is 187 Å². The van der Waals surface area contributed by atoms with E-state index in [1.165, 1.54) is 12.4 Å². The third kappa shape index (κ3) is 5.35. The van der Waals surface area contributed by atoms with Gasteiger partial charge in [0.2, 0.25) is 5.91 Å². The number of anilines is 1. The number of carbonyl (C=O) groups excluding carboxylic acids is 2. The highest BCUT2D eigenvalue weighted by molar-refractivity contribution is 6.13. The Hall–Kier alpha value is -3.62. The van der Waals surface area contributed by atoms with Crippen molar-refractivity contribution in [1.82, 2.24) is 10.6 Å². The Bertz CT molecular complexity index is 943. The SMILES string of the molecule is C=CN=C/C(=C\N)C(=O)NC1(C(=O)NCC2CCN(c3ccccc3C(=O)O)CC2)CC1. The highest BCUT2D eigenvalue weighted by Gasteiger charge is 2.51. The number of carbonyl (C=O) groups is 3. The number of benzene rings is 1. The fourth-order valence-electron chi connectivity index (χ4n) is 3.85. The van der Waals surface area contributed by atoms with Gasteiger partial charge in [0.25, 0.3) is 5.91 Å². The van der Waals surface area contributed by atoms with Gasteiger partial charge in [-0.3, -0.25) is 14.6 Å². The van der Waals surface area contributed by atoms with Crippen molar-refractivity contribution >= 4 is 29.7 Å². The lowest BCUT2D eigenvalue weighted by molar-refractivity contribution is -0.128. The predicted molar refractivity (Wildman–Crippen MR) is 122 cm³/mol. The van der Waals surface area contributed by atoms with Gasteiger partial charge < -0.3 is 26.4 Å². The molecule has 0 radical (unpaired) electrons. The van der Waals surface area contributed by atoms with Gasteiger partial charge in [-0.05, 0) is 43.7 Å². The summed E-state index contributed by atoms with van der Waals surface area (Å²) >= 11 is 0. The summed E-state index contributed by atoms with van der Waals surface area (Å²) in [6.45, 7) is 5.41. The molecular weight excluding hydrogens is 410 g/mol. The van der Waals surface area contributed by atoms with Crippen LogP contribution in [0.5, 0.6) is 0 Å². The molecule has 32 heavy (non-hydrogen) atoms. The zero-order valence-electron chi connectivity index (χ0n) is 17.9. The van der Waals surface area contributed by atoms with Gasteiger partial charge in [-0.2, -0.15) is 0 Å². The molecule has 0 spiro atoms. The number of aliphatic imine (C=N–C) groups is 1. The normalized spacial score (nSPS) is 18.2. The number of nitrogens with one attached hydrogen (secondary N) is 2. The molecule has 0 unspecified atom stereocenters. The Morgan fingerprint density at radius 1 is 1.25 bits per heavy atom. The summed E-state index contributed by atoms with van der Waals surface area (Å²) in [7, 11) is 0. The summed E-state index contributed by atoms with van der Waals surface area (Å²) in [6, 6.07) is 7.00. The quantitative estimate of drug-likeness (QED) is 0.339. The highest BCUT2D eigenvalue weighted by atomic mass is 16.4. The maximum atomic E-state index is 12.7. The van der Waals surface area contributed by atoms with E-state index in [9.17, 15) is 19.5 Å². The van der Waals surface area contributed by atoms with Gasteiger partial charge in [-0.1, -0.05) is 18.7 Å². The standard InChI is InChI=1S/C23H29N5O4/c1-2-25-15-17(13-24)20(29)27-23(9-10-23)22(32)26-14-16-7-11-28(12-8-16)19-6-4-3-5-18(19)21(30)31/h2-6,13,15-16H,1,7-12,14,24H2,(H,26,32)(H,27,29)(H,30,31)/b17-13+,25-15?. The van der Waals surface area contributed by atoms with Gasteiger partial charge in [0.05, 0.1) is 16.8 Å². The Balaban J connectivity index is 1.49. The second kappa shape index (κ2) is 10.1. The van der Waals surface area contributed by atoms with Gasteiger partial charge in [-0.25, -0.2) is 4.79 Å². The molecule has 3 rings (SSSR count). The third-order valence-electron chi connectivity index (χ3n) is 5.94. The molecule has 0 bridgehead atoms. The van der Waals surface area contributed by atoms with Crippen molar-refractivity contribution in [2.24, 2.45) is 16.6 Å². The average molecular weight is 440 g/mol. The van der Waals surface area contributed by atoms with Crippen molar-refractivity contribution < 1.29 is 19.5 Å². The third-order valence-corrected chi connectivity index (χ3v) is 5.94. The van der Waals surface area contributed by atoms with E-state index in [4.69, 9.17) is 5.73 Å². The van der Waals surface area contributed by atoms with Gasteiger partial charge >= 0.3 is 5.97 Å². The average Bonchev–Trinajstić information content (AvgIpc) is 3.59. The van der Waals surface area contributed by atoms with Crippen LogP contribution in [0.4, 0.5) is 5.69 Å². The first kappa shape index (κ1) is 23.1. The molecule has 2 fully saturated rings. The maximum Gasteiger partial charge on any atom is 0.337 e. The van der Waals surface area contributed by atoms with Gasteiger partial charge in [-0.15, -0.1) is 0 Å². The number of carboxylic acids is 1. The van der Waals surface area contributed by atoms with E-state index in [1.54, 1.807) is 12.1 Å². The van der Waals surface area contributed by atoms with Crippen molar-refractivity contribution in [1.29, 1.82) is 0 Å². The number of piperidine rings is 1. The number of para-hydroxylation sites is 1. The minimum absolute atomic E-state index is 0.165. The number of amides is 2. The number of rotatable bonds is 9. The van der Waals surface area contributed by atoms with Gasteiger partial charge in [0.1, 0.15) is 5.54 Å². The lowest BCUT2D eigenvalue weighted by Gasteiger charge is -2.34. The van der Waals surface area contributed by atoms with E-state index in [1.807, 2.05) is 12.1 Å². The molecule has 0 atom stereocenters. The number of nitrogens with zero attached hydrogens (tertiary/aromatic N) is 2. The molecule has 1 saturated carbocycles. The van der Waals surface area contributed by atoms with Crippen LogP contribution in [0.1, 0.15) is 36.0 Å². The van der Waals surface area contributed by atoms with Gasteiger partial charge in [0.15, 0.2) is 0 Å². The largest absolute Gasteiger partial charge is 0.478 e. The molecule has 170 valence electrons. The molecule has 1 aliphatic heterocycles. The van der Waals surface area contributed by atoms with Crippen LogP contribution >= 0.6 is 0 Å². The van der Waals surface area contributed by atoms with Crippen molar-refractivity contribution in [3.05, 3.63) is 54.4 Å². The fraction of sp³-hybridized carbons (Fsp3) is 0.391. The van der Waals surface area contributed by atoms with E-state index in [2.05, 4.69) is 27.1 Å². The van der Waals surface area contributed by atoms with Crippen molar-refractivity contribution in [2.45, 2.75) is 31.2 Å². The van der Waals surface area contributed by atoms with Crippen LogP contribution in [0.15, 0.2) is 53.8 Å². The number of hydrogen-bond donors (Lipinski definition) is 4. The van der Waals surface area contributed by atoms with Crippen molar-refractivity contribution in [3.8, 4) is 0 Å². The Morgan fingerprint density at radius 2 is 1.94 bits per heavy atom. The van der Waals surface area contributed by atoms with Gasteiger partial charge in [0, 0.05) is 38.2 Å². The minimum atomic E-state index is -0.935. The molecule has 1 saturated heterocycles. The molecule has 2 amide bonds. The lowest BCUT2D eigenvalue weighted by atomic mass is 9.95. The summed E-state index contributed by atoms with van der Waals surface area (Å²) < 4.78 is 0. The molecule has 2 aliphatic rings. The van der Waals surface area contributed by atoms with Crippen molar-refractivity contribution in [3.63, 3.8) is 0 Å². The molecule has 1 aliphatic carbocycles. The number of nitrogens with two attached hydrogens (primary N) is 1. The number of aromatic carboxylic acids is 1. The topological polar surface area (TPSA) is 137 Å². The molecule has 9 heteroatoms. The van der Waals surface area contributed by atoms with E-state index >= 15 is 0 Å². The molecule has 1 heterocycles. The van der Waals surface area contributed by atoms with Crippen molar-refractivity contribution in [2.75, 3.05) is 24.5 Å². The lowest BCUT2D eigenvalue weighted by Crippen LogP contribution is -2.51. The molecule has 5 N–H and O–H groups in total. The van der Waals surface area contributed by atoms with Crippen LogP contribution in [-0.2, 0) is 9.59 Å². The first-order chi connectivity index (χ1) is 15.4. The monoisotopic (exact) mass is 439 g/mol. The van der Waals surface area contributed by atoms with E-state index < -0.39 is 17.4 Å². The van der Waals surface area contributed by atoms with Crippen LogP contribution in [-0.4, -0.2) is 54.3 Å². The summed E-state index contributed by atoms with van der Waals surface area (Å²) in [5.41, 5.74) is 5.78. The minimum Gasteiger partial charge on any atom is -0.478 e. The van der Waals surface area contributed by atoms with E-state index in [-0.39, 0.29) is 17.4 Å². The first-order valence-corrected chi connectivity index (χ1v) is 10.6. The predicted octanol–water partition coefficient (Wildman–Crippen LogP) is 1.42. The molecule has 1 aromatic carbocycles.